The molecule has 0 saturated carbocycles. The van der Waals surface area contributed by atoms with Crippen LogP contribution in [0.15, 0.2) is 36.4 Å². The molecule has 0 unspecified atom stereocenters. The van der Waals surface area contributed by atoms with Crippen LogP contribution in [0.25, 0.3) is 11.3 Å². The standard InChI is InChI=1S/C16H17ClN4O/c1-16(2)10-21(15(22)20(16)3)14-8-7-13(18-19-14)11-5-4-6-12(17)9-11/h4-9H,10H2,1-3H3. The van der Waals surface area contributed by atoms with E-state index in [0.29, 0.717) is 17.4 Å². The summed E-state index contributed by atoms with van der Waals surface area (Å²) in [6.07, 6.45) is 0. The summed E-state index contributed by atoms with van der Waals surface area (Å²) in [6.45, 7) is 4.64. The first-order valence-corrected chi connectivity index (χ1v) is 7.41. The molecule has 114 valence electrons. The average molecular weight is 317 g/mol. The topological polar surface area (TPSA) is 49.3 Å². The number of rotatable bonds is 2. The van der Waals surface area contributed by atoms with Crippen molar-refractivity contribution in [3.05, 3.63) is 41.4 Å². The third-order valence-corrected chi connectivity index (χ3v) is 4.25. The second-order valence-corrected chi connectivity index (χ2v) is 6.46. The number of hydrogen-bond acceptors (Lipinski definition) is 3. The number of carbonyl (C=O) groups excluding carboxylic acids is 1. The summed E-state index contributed by atoms with van der Waals surface area (Å²) in [7, 11) is 1.80. The predicted octanol–water partition coefficient (Wildman–Crippen LogP) is 3.45. The molecule has 0 aliphatic carbocycles. The maximum Gasteiger partial charge on any atom is 0.326 e. The van der Waals surface area contributed by atoms with E-state index in [4.69, 9.17) is 11.6 Å². The van der Waals surface area contributed by atoms with Gasteiger partial charge in [-0.25, -0.2) is 4.79 Å². The number of benzene rings is 1. The molecule has 0 spiro atoms. The van der Waals surface area contributed by atoms with Crippen molar-refractivity contribution >= 4 is 23.4 Å². The summed E-state index contributed by atoms with van der Waals surface area (Å²) in [5, 5.41) is 9.08. The Morgan fingerprint density at radius 3 is 2.50 bits per heavy atom. The van der Waals surface area contributed by atoms with Crippen LogP contribution in [0.3, 0.4) is 0 Å². The lowest BCUT2D eigenvalue weighted by Crippen LogP contribution is -2.38. The normalized spacial score (nSPS) is 17.2. The summed E-state index contributed by atoms with van der Waals surface area (Å²) >= 11 is 5.99. The Kier molecular flexibility index (Phi) is 3.53. The van der Waals surface area contributed by atoms with Crippen molar-refractivity contribution in [2.75, 3.05) is 18.5 Å². The van der Waals surface area contributed by atoms with Gasteiger partial charge in [-0.05, 0) is 38.1 Å². The minimum Gasteiger partial charge on any atom is -0.320 e. The molecule has 2 aromatic rings. The zero-order chi connectivity index (χ0) is 15.9. The Morgan fingerprint density at radius 2 is 1.95 bits per heavy atom. The van der Waals surface area contributed by atoms with E-state index < -0.39 is 0 Å². The smallest absolute Gasteiger partial charge is 0.320 e. The molecule has 3 rings (SSSR count). The van der Waals surface area contributed by atoms with Gasteiger partial charge in [0, 0.05) is 17.6 Å². The monoisotopic (exact) mass is 316 g/mol. The van der Waals surface area contributed by atoms with Crippen molar-refractivity contribution in [2.24, 2.45) is 0 Å². The molecule has 6 heteroatoms. The maximum absolute atomic E-state index is 12.3. The Hall–Kier alpha value is -2.14. The maximum atomic E-state index is 12.3. The van der Waals surface area contributed by atoms with Crippen LogP contribution in [0.1, 0.15) is 13.8 Å². The number of halogens is 1. The van der Waals surface area contributed by atoms with Crippen LogP contribution in [-0.4, -0.2) is 40.3 Å². The van der Waals surface area contributed by atoms with Crippen molar-refractivity contribution in [1.82, 2.24) is 15.1 Å². The lowest BCUT2D eigenvalue weighted by atomic mass is 10.1. The van der Waals surface area contributed by atoms with Gasteiger partial charge in [0.05, 0.1) is 17.8 Å². The van der Waals surface area contributed by atoms with Gasteiger partial charge >= 0.3 is 6.03 Å². The molecule has 1 saturated heterocycles. The van der Waals surface area contributed by atoms with Crippen LogP contribution < -0.4 is 4.90 Å². The van der Waals surface area contributed by atoms with E-state index in [1.807, 2.05) is 50.2 Å². The summed E-state index contributed by atoms with van der Waals surface area (Å²) < 4.78 is 0. The van der Waals surface area contributed by atoms with E-state index in [0.717, 1.165) is 11.3 Å². The summed E-state index contributed by atoms with van der Waals surface area (Å²) in [6, 6.07) is 11.1. The Labute approximate surface area is 134 Å². The molecule has 1 aliphatic heterocycles. The Morgan fingerprint density at radius 1 is 1.18 bits per heavy atom. The van der Waals surface area contributed by atoms with Gasteiger partial charge in [-0.15, -0.1) is 10.2 Å². The van der Waals surface area contributed by atoms with Gasteiger partial charge in [-0.2, -0.15) is 0 Å². The number of nitrogens with zero attached hydrogens (tertiary/aromatic N) is 4. The number of likely N-dealkylation sites (N-methyl/N-ethyl adjacent to an activating group) is 1. The summed E-state index contributed by atoms with van der Waals surface area (Å²) in [5.74, 6) is 0.563. The average Bonchev–Trinajstić information content (AvgIpc) is 2.71. The number of anilines is 1. The number of carbonyl (C=O) groups is 1. The first-order valence-electron chi connectivity index (χ1n) is 7.03. The summed E-state index contributed by atoms with van der Waals surface area (Å²) in [4.78, 5) is 15.7. The molecule has 0 N–H and O–H groups in total. The van der Waals surface area contributed by atoms with Crippen molar-refractivity contribution in [1.29, 1.82) is 0 Å². The van der Waals surface area contributed by atoms with Crippen LogP contribution in [-0.2, 0) is 0 Å². The van der Waals surface area contributed by atoms with Crippen LogP contribution in [0.4, 0.5) is 10.6 Å². The van der Waals surface area contributed by atoms with Crippen LogP contribution in [0.2, 0.25) is 5.02 Å². The quantitative estimate of drug-likeness (QED) is 0.852. The molecule has 1 aromatic heterocycles. The molecule has 5 nitrogen and oxygen atoms in total. The number of urea groups is 1. The third kappa shape index (κ3) is 2.52. The summed E-state index contributed by atoms with van der Waals surface area (Å²) in [5.41, 5.74) is 1.41. The van der Waals surface area contributed by atoms with Gasteiger partial charge in [0.15, 0.2) is 5.82 Å². The zero-order valence-electron chi connectivity index (χ0n) is 12.7. The Bertz CT molecular complexity index is 714. The molecule has 0 atom stereocenters. The molecule has 1 aliphatic rings. The lowest BCUT2D eigenvalue weighted by molar-refractivity contribution is 0.198. The minimum atomic E-state index is -0.218. The van der Waals surface area contributed by atoms with Gasteiger partial charge in [-0.1, -0.05) is 23.7 Å². The first-order chi connectivity index (χ1) is 10.4. The highest BCUT2D eigenvalue weighted by Crippen LogP contribution is 2.28. The van der Waals surface area contributed by atoms with Gasteiger partial charge in [0.1, 0.15) is 0 Å². The fraction of sp³-hybridized carbons (Fsp3) is 0.312. The van der Waals surface area contributed by atoms with E-state index in [-0.39, 0.29) is 11.6 Å². The highest BCUT2D eigenvalue weighted by molar-refractivity contribution is 6.30. The number of amides is 2. The van der Waals surface area contributed by atoms with Gasteiger partial charge < -0.3 is 4.90 Å². The molecular formula is C16H17ClN4O. The molecule has 22 heavy (non-hydrogen) atoms. The van der Waals surface area contributed by atoms with Crippen molar-refractivity contribution in [2.45, 2.75) is 19.4 Å². The van der Waals surface area contributed by atoms with Crippen LogP contribution in [0.5, 0.6) is 0 Å². The van der Waals surface area contributed by atoms with Crippen molar-refractivity contribution < 1.29 is 4.79 Å². The van der Waals surface area contributed by atoms with Crippen LogP contribution >= 0.6 is 11.6 Å². The predicted molar refractivity (Wildman–Crippen MR) is 87.1 cm³/mol. The highest BCUT2D eigenvalue weighted by Gasteiger charge is 2.41. The molecular weight excluding hydrogens is 300 g/mol. The second kappa shape index (κ2) is 5.25. The molecule has 2 amide bonds. The minimum absolute atomic E-state index is 0.0604. The van der Waals surface area contributed by atoms with E-state index in [2.05, 4.69) is 10.2 Å². The molecule has 2 heterocycles. The fourth-order valence-electron chi connectivity index (χ4n) is 2.45. The van der Waals surface area contributed by atoms with Gasteiger partial charge in [-0.3, -0.25) is 4.90 Å². The van der Waals surface area contributed by atoms with Gasteiger partial charge in [0.2, 0.25) is 0 Å². The number of hydrogen-bond donors (Lipinski definition) is 0. The SMILES string of the molecule is CN1C(=O)N(c2ccc(-c3cccc(Cl)c3)nn2)CC1(C)C. The van der Waals surface area contributed by atoms with Crippen molar-refractivity contribution in [3.8, 4) is 11.3 Å². The highest BCUT2D eigenvalue weighted by atomic mass is 35.5. The molecule has 1 fully saturated rings. The second-order valence-electron chi connectivity index (χ2n) is 6.03. The molecule has 1 aromatic carbocycles. The fourth-order valence-corrected chi connectivity index (χ4v) is 2.64. The van der Waals surface area contributed by atoms with E-state index >= 15 is 0 Å². The number of aromatic nitrogens is 2. The molecule has 0 bridgehead atoms. The third-order valence-electron chi connectivity index (χ3n) is 4.02. The van der Waals surface area contributed by atoms with E-state index in [1.54, 1.807) is 16.8 Å². The largest absolute Gasteiger partial charge is 0.326 e. The van der Waals surface area contributed by atoms with E-state index in [9.17, 15) is 4.79 Å². The zero-order valence-corrected chi connectivity index (χ0v) is 13.5. The first kappa shape index (κ1) is 14.8. The van der Waals surface area contributed by atoms with E-state index in [1.165, 1.54) is 0 Å². The van der Waals surface area contributed by atoms with Crippen molar-refractivity contribution in [3.63, 3.8) is 0 Å². The van der Waals surface area contributed by atoms with Crippen LogP contribution in [0, 0.1) is 0 Å². The molecule has 0 radical (unpaired) electrons. The Balaban J connectivity index is 1.88. The lowest BCUT2D eigenvalue weighted by Gasteiger charge is -2.24. The van der Waals surface area contributed by atoms with Gasteiger partial charge in [0.25, 0.3) is 0 Å².